The number of hydrogen-bond acceptors (Lipinski definition) is 2. The first kappa shape index (κ1) is 12.3. The van der Waals surface area contributed by atoms with E-state index in [1.165, 1.54) is 31.2 Å². The van der Waals surface area contributed by atoms with Gasteiger partial charge in [0.15, 0.2) is 0 Å². The Morgan fingerprint density at radius 2 is 2.16 bits per heavy atom. The number of nitrogens with zero attached hydrogens (tertiary/aromatic N) is 1. The number of aliphatic hydroxyl groups is 1. The van der Waals surface area contributed by atoms with Gasteiger partial charge in [0.1, 0.15) is 0 Å². The number of fused-ring (bicyclic) bond motifs is 5. The molecule has 3 aliphatic carbocycles. The second-order valence-electron chi connectivity index (χ2n) is 6.86. The molecule has 1 aromatic heterocycles. The number of aromatic nitrogens is 1. The molecule has 0 saturated heterocycles. The van der Waals surface area contributed by atoms with Gasteiger partial charge in [-0.2, -0.15) is 0 Å². The summed E-state index contributed by atoms with van der Waals surface area (Å²) in [7, 11) is 0. The van der Waals surface area contributed by atoms with Crippen molar-refractivity contribution in [1.82, 2.24) is 4.98 Å². The first-order valence-corrected chi connectivity index (χ1v) is 8.27. The lowest BCUT2D eigenvalue weighted by molar-refractivity contribution is -0.0451. The van der Waals surface area contributed by atoms with Gasteiger partial charge in [-0.25, -0.2) is 0 Å². The SMILES string of the molecule is OC1(Cc2cncc(Br)c2)CC2CC1C1CCCC21. The van der Waals surface area contributed by atoms with Crippen LogP contribution in [0, 0.1) is 23.7 Å². The molecule has 1 heterocycles. The lowest BCUT2D eigenvalue weighted by Crippen LogP contribution is -2.43. The highest BCUT2D eigenvalue weighted by molar-refractivity contribution is 9.10. The fourth-order valence-corrected chi connectivity index (χ4v) is 5.76. The van der Waals surface area contributed by atoms with Crippen LogP contribution < -0.4 is 0 Å². The van der Waals surface area contributed by atoms with Crippen LogP contribution in [0.15, 0.2) is 22.9 Å². The zero-order chi connectivity index (χ0) is 13.0. The molecule has 5 unspecified atom stereocenters. The second-order valence-corrected chi connectivity index (χ2v) is 7.77. The molecule has 0 radical (unpaired) electrons. The molecular weight excluding hydrogens is 302 g/mol. The van der Waals surface area contributed by atoms with E-state index in [4.69, 9.17) is 0 Å². The number of rotatable bonds is 2. The van der Waals surface area contributed by atoms with Crippen LogP contribution in [0.4, 0.5) is 0 Å². The maximum atomic E-state index is 11.1. The minimum Gasteiger partial charge on any atom is -0.389 e. The normalized spacial score (nSPS) is 43.7. The Balaban J connectivity index is 1.58. The van der Waals surface area contributed by atoms with Crippen molar-refractivity contribution in [3.05, 3.63) is 28.5 Å². The molecule has 0 spiro atoms. The van der Waals surface area contributed by atoms with Crippen LogP contribution in [-0.4, -0.2) is 15.7 Å². The van der Waals surface area contributed by atoms with Crippen LogP contribution in [0.5, 0.6) is 0 Å². The van der Waals surface area contributed by atoms with Gasteiger partial charge in [0.05, 0.1) is 5.60 Å². The van der Waals surface area contributed by atoms with Gasteiger partial charge in [-0.3, -0.25) is 4.98 Å². The van der Waals surface area contributed by atoms with Crippen LogP contribution in [0.25, 0.3) is 0 Å². The molecule has 1 aromatic rings. The van der Waals surface area contributed by atoms with Gasteiger partial charge < -0.3 is 5.11 Å². The van der Waals surface area contributed by atoms with Crippen molar-refractivity contribution >= 4 is 15.9 Å². The average molecular weight is 322 g/mol. The van der Waals surface area contributed by atoms with Gasteiger partial charge in [0.25, 0.3) is 0 Å². The van der Waals surface area contributed by atoms with E-state index < -0.39 is 5.60 Å². The Morgan fingerprint density at radius 1 is 1.32 bits per heavy atom. The number of pyridine rings is 1. The maximum absolute atomic E-state index is 11.1. The van der Waals surface area contributed by atoms with E-state index in [0.29, 0.717) is 5.92 Å². The molecule has 4 rings (SSSR count). The summed E-state index contributed by atoms with van der Waals surface area (Å²) >= 11 is 3.47. The molecule has 3 fully saturated rings. The Kier molecular flexibility index (Phi) is 2.79. The third-order valence-corrected chi connectivity index (χ3v) is 6.32. The molecule has 0 amide bonds. The van der Waals surface area contributed by atoms with Gasteiger partial charge in [-0.15, -0.1) is 0 Å². The summed E-state index contributed by atoms with van der Waals surface area (Å²) in [5.41, 5.74) is 0.706. The minimum atomic E-state index is -0.460. The molecule has 3 aliphatic rings. The van der Waals surface area contributed by atoms with Crippen molar-refractivity contribution < 1.29 is 5.11 Å². The third kappa shape index (κ3) is 1.89. The fraction of sp³-hybridized carbons (Fsp3) is 0.688. The quantitative estimate of drug-likeness (QED) is 0.903. The van der Waals surface area contributed by atoms with E-state index in [2.05, 4.69) is 27.0 Å². The van der Waals surface area contributed by atoms with Crippen molar-refractivity contribution in [1.29, 1.82) is 0 Å². The summed E-state index contributed by atoms with van der Waals surface area (Å²) in [6.07, 6.45) is 10.9. The molecule has 3 saturated carbocycles. The highest BCUT2D eigenvalue weighted by Crippen LogP contribution is 2.62. The predicted molar refractivity (Wildman–Crippen MR) is 77.6 cm³/mol. The van der Waals surface area contributed by atoms with Gasteiger partial charge in [0, 0.05) is 23.3 Å². The lowest BCUT2D eigenvalue weighted by Gasteiger charge is -2.39. The molecule has 102 valence electrons. The molecule has 19 heavy (non-hydrogen) atoms. The average Bonchev–Trinajstić information content (AvgIpc) is 2.99. The summed E-state index contributed by atoms with van der Waals surface area (Å²) < 4.78 is 1.01. The highest BCUT2D eigenvalue weighted by atomic mass is 79.9. The predicted octanol–water partition coefficient (Wildman–Crippen LogP) is 3.57. The van der Waals surface area contributed by atoms with Crippen LogP contribution in [0.1, 0.15) is 37.7 Å². The van der Waals surface area contributed by atoms with E-state index in [-0.39, 0.29) is 0 Å². The Hall–Kier alpha value is -0.410. The van der Waals surface area contributed by atoms with Gasteiger partial charge in [-0.05, 0) is 76.9 Å². The highest BCUT2D eigenvalue weighted by Gasteiger charge is 2.60. The summed E-state index contributed by atoms with van der Waals surface area (Å²) in [6.45, 7) is 0. The van der Waals surface area contributed by atoms with E-state index >= 15 is 0 Å². The second kappa shape index (κ2) is 4.29. The van der Waals surface area contributed by atoms with Gasteiger partial charge >= 0.3 is 0 Å². The molecule has 3 heteroatoms. The molecule has 0 aliphatic heterocycles. The van der Waals surface area contributed by atoms with Crippen LogP contribution >= 0.6 is 15.9 Å². The van der Waals surface area contributed by atoms with Crippen molar-refractivity contribution in [3.8, 4) is 0 Å². The van der Waals surface area contributed by atoms with Crippen molar-refractivity contribution in [2.75, 3.05) is 0 Å². The molecule has 1 N–H and O–H groups in total. The first-order chi connectivity index (χ1) is 9.16. The summed E-state index contributed by atoms with van der Waals surface area (Å²) in [6, 6.07) is 2.10. The van der Waals surface area contributed by atoms with Crippen LogP contribution in [0.2, 0.25) is 0 Å². The van der Waals surface area contributed by atoms with Gasteiger partial charge in [-0.1, -0.05) is 6.42 Å². The van der Waals surface area contributed by atoms with Crippen molar-refractivity contribution in [2.24, 2.45) is 23.7 Å². The number of hydrogen-bond donors (Lipinski definition) is 1. The van der Waals surface area contributed by atoms with Crippen LogP contribution in [0.3, 0.4) is 0 Å². The minimum absolute atomic E-state index is 0.460. The first-order valence-electron chi connectivity index (χ1n) is 7.47. The fourth-order valence-electron chi connectivity index (χ4n) is 5.35. The topological polar surface area (TPSA) is 33.1 Å². The van der Waals surface area contributed by atoms with E-state index in [1.807, 2.05) is 6.20 Å². The van der Waals surface area contributed by atoms with Crippen molar-refractivity contribution in [3.63, 3.8) is 0 Å². The van der Waals surface area contributed by atoms with E-state index in [9.17, 15) is 5.11 Å². The summed E-state index contributed by atoms with van der Waals surface area (Å²) in [4.78, 5) is 4.23. The largest absolute Gasteiger partial charge is 0.389 e. The smallest absolute Gasteiger partial charge is 0.0722 e. The summed E-state index contributed by atoms with van der Waals surface area (Å²) in [5, 5.41) is 11.1. The molecule has 2 nitrogen and oxygen atoms in total. The molecule has 5 atom stereocenters. The molecular formula is C16H20BrNO. The van der Waals surface area contributed by atoms with E-state index in [0.717, 1.165) is 35.1 Å². The molecule has 0 aromatic carbocycles. The number of halogens is 1. The Bertz CT molecular complexity index is 505. The molecule has 2 bridgehead atoms. The Morgan fingerprint density at radius 3 is 3.00 bits per heavy atom. The zero-order valence-corrected chi connectivity index (χ0v) is 12.6. The van der Waals surface area contributed by atoms with Crippen LogP contribution in [-0.2, 0) is 6.42 Å². The standard InChI is InChI=1S/C16H20BrNO/c17-12-4-10(8-18-9-12)6-16(19)7-11-5-15(16)14-3-1-2-13(11)14/h4,8-9,11,13-15,19H,1-3,5-7H2. The summed E-state index contributed by atoms with van der Waals surface area (Å²) in [5.74, 6) is 3.08. The lowest BCUT2D eigenvalue weighted by atomic mass is 9.71. The monoisotopic (exact) mass is 321 g/mol. The Labute approximate surface area is 122 Å². The van der Waals surface area contributed by atoms with Crippen molar-refractivity contribution in [2.45, 2.75) is 44.1 Å². The van der Waals surface area contributed by atoms with Gasteiger partial charge in [0.2, 0.25) is 0 Å². The third-order valence-electron chi connectivity index (χ3n) is 5.88. The zero-order valence-electron chi connectivity index (χ0n) is 11.1. The maximum Gasteiger partial charge on any atom is 0.0722 e. The van der Waals surface area contributed by atoms with E-state index in [1.54, 1.807) is 6.20 Å².